The van der Waals surface area contributed by atoms with E-state index in [-0.39, 0.29) is 11.8 Å². The number of hydrogen-bond acceptors (Lipinski definition) is 6. The van der Waals surface area contributed by atoms with Crippen LogP contribution < -0.4 is 10.2 Å². The molecule has 170 valence electrons. The van der Waals surface area contributed by atoms with Crippen LogP contribution in [0.5, 0.6) is 0 Å². The van der Waals surface area contributed by atoms with Gasteiger partial charge >= 0.3 is 0 Å². The number of rotatable bonds is 5. The summed E-state index contributed by atoms with van der Waals surface area (Å²) in [6, 6.07) is 13.6. The predicted octanol–water partition coefficient (Wildman–Crippen LogP) is 3.84. The van der Waals surface area contributed by atoms with Crippen LogP contribution in [0.1, 0.15) is 47.5 Å². The molecular weight excluding hydrogens is 418 g/mol. The Morgan fingerprint density at radius 2 is 1.76 bits per heavy atom. The molecule has 2 aliphatic rings. The molecule has 1 aromatic heterocycles. The first kappa shape index (κ1) is 21.2. The van der Waals surface area contributed by atoms with Crippen molar-refractivity contribution in [3.63, 3.8) is 0 Å². The van der Waals surface area contributed by atoms with E-state index in [1.165, 1.54) is 6.92 Å². The standard InChI is InChI=1S/C25H27N5O3/c1-16-21(4-3-5-22(16)26-17(2)31)25(32)30-14-12-29(13-15-30)20-10-8-18(9-11-20)23-27-24(33-28-23)19-6-7-19/h3-5,8-11,19H,6-7,12-15H2,1-2H3,(H,26,31). The Morgan fingerprint density at radius 1 is 1.03 bits per heavy atom. The van der Waals surface area contributed by atoms with Gasteiger partial charge in [-0.25, -0.2) is 0 Å². The maximum atomic E-state index is 13.1. The lowest BCUT2D eigenvalue weighted by Crippen LogP contribution is -2.49. The summed E-state index contributed by atoms with van der Waals surface area (Å²) in [4.78, 5) is 33.2. The van der Waals surface area contributed by atoms with Crippen molar-refractivity contribution >= 4 is 23.2 Å². The molecule has 3 aromatic rings. The van der Waals surface area contributed by atoms with Gasteiger partial charge in [-0.1, -0.05) is 11.2 Å². The number of aromatic nitrogens is 2. The molecule has 8 heteroatoms. The Balaban J connectivity index is 1.22. The van der Waals surface area contributed by atoms with E-state index in [2.05, 4.69) is 32.5 Å². The molecule has 2 fully saturated rings. The molecule has 0 radical (unpaired) electrons. The second kappa shape index (κ2) is 8.69. The van der Waals surface area contributed by atoms with Crippen molar-refractivity contribution in [2.75, 3.05) is 36.4 Å². The van der Waals surface area contributed by atoms with Gasteiger partial charge < -0.3 is 19.6 Å². The molecule has 0 bridgehead atoms. The van der Waals surface area contributed by atoms with Gasteiger partial charge in [0.05, 0.1) is 0 Å². The number of amides is 2. The Kier molecular flexibility index (Phi) is 5.58. The lowest BCUT2D eigenvalue weighted by Gasteiger charge is -2.36. The average molecular weight is 446 g/mol. The summed E-state index contributed by atoms with van der Waals surface area (Å²) in [7, 11) is 0. The molecule has 0 spiro atoms. The lowest BCUT2D eigenvalue weighted by atomic mass is 10.0. The zero-order chi connectivity index (χ0) is 22.9. The topological polar surface area (TPSA) is 91.6 Å². The number of benzene rings is 2. The van der Waals surface area contributed by atoms with Gasteiger partial charge in [-0.05, 0) is 61.7 Å². The highest BCUT2D eigenvalue weighted by Crippen LogP contribution is 2.39. The molecule has 1 saturated carbocycles. The van der Waals surface area contributed by atoms with Gasteiger partial charge in [-0.15, -0.1) is 0 Å². The van der Waals surface area contributed by atoms with Crippen LogP contribution in [0.15, 0.2) is 47.0 Å². The summed E-state index contributed by atoms with van der Waals surface area (Å²) in [5, 5.41) is 6.90. The molecule has 1 aliphatic heterocycles. The van der Waals surface area contributed by atoms with Crippen LogP contribution in [0, 0.1) is 6.92 Å². The normalized spacial score (nSPS) is 16.1. The van der Waals surface area contributed by atoms with Crippen LogP contribution in [-0.4, -0.2) is 53.0 Å². The molecule has 1 aliphatic carbocycles. The highest BCUT2D eigenvalue weighted by molar-refractivity contribution is 5.99. The van der Waals surface area contributed by atoms with Crippen molar-refractivity contribution in [3.8, 4) is 11.4 Å². The molecule has 8 nitrogen and oxygen atoms in total. The maximum Gasteiger partial charge on any atom is 0.254 e. The minimum atomic E-state index is -0.148. The monoisotopic (exact) mass is 445 g/mol. The van der Waals surface area contributed by atoms with E-state index in [0.29, 0.717) is 36.1 Å². The van der Waals surface area contributed by atoms with Gasteiger partial charge in [0, 0.05) is 61.5 Å². The average Bonchev–Trinajstić information content (AvgIpc) is 3.56. The summed E-state index contributed by atoms with van der Waals surface area (Å²) in [6.45, 7) is 6.12. The van der Waals surface area contributed by atoms with Gasteiger partial charge in [0.2, 0.25) is 17.6 Å². The Hall–Kier alpha value is -3.68. The van der Waals surface area contributed by atoms with Crippen LogP contribution in [0.3, 0.4) is 0 Å². The van der Waals surface area contributed by atoms with Crippen LogP contribution in [0.4, 0.5) is 11.4 Å². The van der Waals surface area contributed by atoms with Crippen molar-refractivity contribution in [1.82, 2.24) is 15.0 Å². The zero-order valence-corrected chi connectivity index (χ0v) is 18.9. The van der Waals surface area contributed by atoms with Gasteiger partial charge in [0.25, 0.3) is 5.91 Å². The van der Waals surface area contributed by atoms with Crippen LogP contribution in [0.25, 0.3) is 11.4 Å². The summed E-state index contributed by atoms with van der Waals surface area (Å²) in [5.41, 5.74) is 4.16. The van der Waals surface area contributed by atoms with E-state index in [1.54, 1.807) is 6.07 Å². The van der Waals surface area contributed by atoms with E-state index in [0.717, 1.165) is 48.6 Å². The van der Waals surface area contributed by atoms with Crippen molar-refractivity contribution < 1.29 is 14.1 Å². The highest BCUT2D eigenvalue weighted by Gasteiger charge is 2.30. The molecule has 5 rings (SSSR count). The summed E-state index contributed by atoms with van der Waals surface area (Å²) in [6.07, 6.45) is 2.27. The van der Waals surface area contributed by atoms with Gasteiger partial charge in [-0.2, -0.15) is 4.98 Å². The van der Waals surface area contributed by atoms with E-state index in [4.69, 9.17) is 4.52 Å². The minimum Gasteiger partial charge on any atom is -0.368 e. The van der Waals surface area contributed by atoms with Crippen molar-refractivity contribution in [2.45, 2.75) is 32.6 Å². The SMILES string of the molecule is CC(=O)Nc1cccc(C(=O)N2CCN(c3ccc(-c4noc(C5CC5)n4)cc3)CC2)c1C. The first-order valence-electron chi connectivity index (χ1n) is 11.3. The maximum absolute atomic E-state index is 13.1. The van der Waals surface area contributed by atoms with E-state index in [1.807, 2.05) is 36.1 Å². The number of piperazine rings is 1. The molecule has 1 saturated heterocycles. The molecule has 33 heavy (non-hydrogen) atoms. The largest absolute Gasteiger partial charge is 0.368 e. The van der Waals surface area contributed by atoms with Crippen LogP contribution in [-0.2, 0) is 4.79 Å². The van der Waals surface area contributed by atoms with Crippen LogP contribution in [0.2, 0.25) is 0 Å². The second-order valence-electron chi connectivity index (χ2n) is 8.72. The summed E-state index contributed by atoms with van der Waals surface area (Å²) < 4.78 is 5.37. The first-order valence-corrected chi connectivity index (χ1v) is 11.3. The molecule has 2 amide bonds. The van der Waals surface area contributed by atoms with Crippen molar-refractivity contribution in [2.24, 2.45) is 0 Å². The molecule has 1 N–H and O–H groups in total. The first-order chi connectivity index (χ1) is 16.0. The smallest absolute Gasteiger partial charge is 0.254 e. The number of carbonyl (C=O) groups is 2. The third-order valence-electron chi connectivity index (χ3n) is 6.30. The Bertz CT molecular complexity index is 1180. The fraction of sp³-hybridized carbons (Fsp3) is 0.360. The summed E-state index contributed by atoms with van der Waals surface area (Å²) >= 11 is 0. The van der Waals surface area contributed by atoms with E-state index < -0.39 is 0 Å². The summed E-state index contributed by atoms with van der Waals surface area (Å²) in [5.74, 6) is 1.67. The van der Waals surface area contributed by atoms with Crippen molar-refractivity contribution in [1.29, 1.82) is 0 Å². The molecule has 0 atom stereocenters. The molecule has 2 aromatic carbocycles. The fourth-order valence-corrected chi connectivity index (χ4v) is 4.20. The zero-order valence-electron chi connectivity index (χ0n) is 18.9. The van der Waals surface area contributed by atoms with E-state index >= 15 is 0 Å². The molecular formula is C25H27N5O3. The lowest BCUT2D eigenvalue weighted by molar-refractivity contribution is -0.114. The molecule has 2 heterocycles. The third kappa shape index (κ3) is 4.46. The number of anilines is 2. The number of hydrogen-bond donors (Lipinski definition) is 1. The Labute approximate surface area is 192 Å². The second-order valence-corrected chi connectivity index (χ2v) is 8.72. The number of nitrogens with zero attached hydrogens (tertiary/aromatic N) is 4. The fourth-order valence-electron chi connectivity index (χ4n) is 4.20. The number of carbonyl (C=O) groups excluding carboxylic acids is 2. The van der Waals surface area contributed by atoms with Gasteiger partial charge in [-0.3, -0.25) is 9.59 Å². The molecule has 0 unspecified atom stereocenters. The van der Waals surface area contributed by atoms with E-state index in [9.17, 15) is 9.59 Å². The Morgan fingerprint density at radius 3 is 2.42 bits per heavy atom. The number of nitrogens with one attached hydrogen (secondary N) is 1. The van der Waals surface area contributed by atoms with Gasteiger partial charge in [0.1, 0.15) is 0 Å². The van der Waals surface area contributed by atoms with Gasteiger partial charge in [0.15, 0.2) is 0 Å². The predicted molar refractivity (Wildman–Crippen MR) is 125 cm³/mol. The third-order valence-corrected chi connectivity index (χ3v) is 6.30. The quantitative estimate of drug-likeness (QED) is 0.642. The van der Waals surface area contributed by atoms with Crippen LogP contribution >= 0.6 is 0 Å². The highest BCUT2D eigenvalue weighted by atomic mass is 16.5. The van der Waals surface area contributed by atoms with Crippen molar-refractivity contribution in [3.05, 3.63) is 59.5 Å². The minimum absolute atomic E-state index is 0.00160.